The molecule has 20 heavy (non-hydrogen) atoms. The SMILES string of the molecule is CCCC(C)(N)c1ccc(/C=C/c2ccccc2)cc1. The van der Waals surface area contributed by atoms with E-state index in [0.29, 0.717) is 0 Å². The van der Waals surface area contributed by atoms with Crippen LogP contribution in [0.25, 0.3) is 12.2 Å². The van der Waals surface area contributed by atoms with Crippen LogP contribution in [-0.4, -0.2) is 0 Å². The summed E-state index contributed by atoms with van der Waals surface area (Å²) in [5.41, 5.74) is 9.74. The van der Waals surface area contributed by atoms with Gasteiger partial charge in [-0.1, -0.05) is 80.1 Å². The van der Waals surface area contributed by atoms with E-state index in [9.17, 15) is 0 Å². The summed E-state index contributed by atoms with van der Waals surface area (Å²) >= 11 is 0. The van der Waals surface area contributed by atoms with E-state index >= 15 is 0 Å². The highest BCUT2D eigenvalue weighted by molar-refractivity contribution is 5.69. The Labute approximate surface area is 122 Å². The molecule has 0 aliphatic carbocycles. The van der Waals surface area contributed by atoms with Crippen LogP contribution in [0.1, 0.15) is 43.4 Å². The summed E-state index contributed by atoms with van der Waals surface area (Å²) < 4.78 is 0. The van der Waals surface area contributed by atoms with E-state index < -0.39 is 0 Å². The molecule has 0 spiro atoms. The van der Waals surface area contributed by atoms with Crippen molar-refractivity contribution in [2.45, 2.75) is 32.2 Å². The van der Waals surface area contributed by atoms with E-state index in [0.717, 1.165) is 12.8 Å². The average Bonchev–Trinajstić information content (AvgIpc) is 2.47. The molecule has 104 valence electrons. The first-order valence-electron chi connectivity index (χ1n) is 7.24. The Morgan fingerprint density at radius 2 is 1.45 bits per heavy atom. The maximum atomic E-state index is 6.35. The molecule has 0 aliphatic heterocycles. The van der Waals surface area contributed by atoms with E-state index in [-0.39, 0.29) is 5.54 Å². The second-order valence-electron chi connectivity index (χ2n) is 5.53. The second kappa shape index (κ2) is 6.53. The molecule has 2 rings (SSSR count). The molecule has 1 heteroatoms. The van der Waals surface area contributed by atoms with Gasteiger partial charge in [0.15, 0.2) is 0 Å². The van der Waals surface area contributed by atoms with Crippen LogP contribution in [-0.2, 0) is 5.54 Å². The zero-order valence-electron chi connectivity index (χ0n) is 12.3. The molecule has 0 aliphatic rings. The van der Waals surface area contributed by atoms with Crippen LogP contribution in [0.3, 0.4) is 0 Å². The molecule has 0 radical (unpaired) electrons. The van der Waals surface area contributed by atoms with Crippen molar-refractivity contribution in [3.05, 3.63) is 71.3 Å². The van der Waals surface area contributed by atoms with Gasteiger partial charge >= 0.3 is 0 Å². The molecular weight excluding hydrogens is 242 g/mol. The van der Waals surface area contributed by atoms with Gasteiger partial charge in [-0.15, -0.1) is 0 Å². The van der Waals surface area contributed by atoms with Crippen LogP contribution >= 0.6 is 0 Å². The van der Waals surface area contributed by atoms with E-state index in [1.165, 1.54) is 16.7 Å². The Bertz CT molecular complexity index is 550. The summed E-state index contributed by atoms with van der Waals surface area (Å²) in [6, 6.07) is 18.9. The first-order valence-corrected chi connectivity index (χ1v) is 7.24. The maximum Gasteiger partial charge on any atom is 0.0380 e. The standard InChI is InChI=1S/C19H23N/c1-3-15-19(2,20)18-13-11-17(12-14-18)10-9-16-7-5-4-6-8-16/h4-14H,3,15,20H2,1-2H3/b10-9+. The predicted octanol–water partition coefficient (Wildman–Crippen LogP) is 4.83. The molecule has 0 amide bonds. The number of nitrogens with two attached hydrogens (primary N) is 1. The van der Waals surface area contributed by atoms with Crippen LogP contribution in [0.2, 0.25) is 0 Å². The highest BCUT2D eigenvalue weighted by atomic mass is 14.7. The third-order valence-electron chi connectivity index (χ3n) is 3.61. The van der Waals surface area contributed by atoms with Gasteiger partial charge in [0.25, 0.3) is 0 Å². The topological polar surface area (TPSA) is 26.0 Å². The summed E-state index contributed by atoms with van der Waals surface area (Å²) in [6.07, 6.45) is 6.37. The van der Waals surface area contributed by atoms with Crippen molar-refractivity contribution >= 4 is 12.2 Å². The lowest BCUT2D eigenvalue weighted by Gasteiger charge is -2.24. The van der Waals surface area contributed by atoms with Crippen molar-refractivity contribution in [2.75, 3.05) is 0 Å². The Morgan fingerprint density at radius 1 is 0.900 bits per heavy atom. The van der Waals surface area contributed by atoms with Gasteiger partial charge in [0, 0.05) is 5.54 Å². The number of hydrogen-bond donors (Lipinski definition) is 1. The Kier molecular flexibility index (Phi) is 4.75. The highest BCUT2D eigenvalue weighted by Crippen LogP contribution is 2.23. The van der Waals surface area contributed by atoms with Gasteiger partial charge < -0.3 is 5.73 Å². The van der Waals surface area contributed by atoms with Crippen LogP contribution in [0, 0.1) is 0 Å². The molecule has 2 aromatic rings. The molecule has 0 bridgehead atoms. The van der Waals surface area contributed by atoms with Gasteiger partial charge in [0.2, 0.25) is 0 Å². The Hall–Kier alpha value is -1.86. The zero-order chi connectivity index (χ0) is 14.4. The minimum Gasteiger partial charge on any atom is -0.322 e. The molecule has 0 fully saturated rings. The third-order valence-corrected chi connectivity index (χ3v) is 3.61. The van der Waals surface area contributed by atoms with Crippen molar-refractivity contribution in [1.82, 2.24) is 0 Å². The zero-order valence-corrected chi connectivity index (χ0v) is 12.3. The maximum absolute atomic E-state index is 6.35. The molecule has 0 saturated heterocycles. The van der Waals surface area contributed by atoms with Gasteiger partial charge in [0.1, 0.15) is 0 Å². The van der Waals surface area contributed by atoms with E-state index in [1.54, 1.807) is 0 Å². The van der Waals surface area contributed by atoms with Gasteiger partial charge in [-0.05, 0) is 30.0 Å². The van der Waals surface area contributed by atoms with Crippen molar-refractivity contribution in [2.24, 2.45) is 5.73 Å². The van der Waals surface area contributed by atoms with E-state index in [2.05, 4.69) is 62.4 Å². The Morgan fingerprint density at radius 3 is 2.00 bits per heavy atom. The first-order chi connectivity index (χ1) is 9.62. The second-order valence-corrected chi connectivity index (χ2v) is 5.53. The van der Waals surface area contributed by atoms with Crippen LogP contribution in [0.4, 0.5) is 0 Å². The summed E-state index contributed by atoms with van der Waals surface area (Å²) in [6.45, 7) is 4.27. The van der Waals surface area contributed by atoms with Gasteiger partial charge in [-0.2, -0.15) is 0 Å². The van der Waals surface area contributed by atoms with E-state index in [4.69, 9.17) is 5.73 Å². The summed E-state index contributed by atoms with van der Waals surface area (Å²) in [5, 5.41) is 0. The van der Waals surface area contributed by atoms with Gasteiger partial charge in [0.05, 0.1) is 0 Å². The fourth-order valence-electron chi connectivity index (χ4n) is 2.40. The summed E-state index contributed by atoms with van der Waals surface area (Å²) in [7, 11) is 0. The fraction of sp³-hybridized carbons (Fsp3) is 0.263. The molecule has 1 nitrogen and oxygen atoms in total. The third kappa shape index (κ3) is 3.82. The summed E-state index contributed by atoms with van der Waals surface area (Å²) in [5.74, 6) is 0. The van der Waals surface area contributed by atoms with Crippen LogP contribution in [0.15, 0.2) is 54.6 Å². The van der Waals surface area contributed by atoms with Crippen LogP contribution in [0.5, 0.6) is 0 Å². The summed E-state index contributed by atoms with van der Waals surface area (Å²) in [4.78, 5) is 0. The number of benzene rings is 2. The lowest BCUT2D eigenvalue weighted by molar-refractivity contribution is 0.447. The highest BCUT2D eigenvalue weighted by Gasteiger charge is 2.19. The van der Waals surface area contributed by atoms with E-state index in [1.807, 2.05) is 18.2 Å². The van der Waals surface area contributed by atoms with Crippen molar-refractivity contribution < 1.29 is 0 Å². The molecule has 0 aromatic heterocycles. The molecule has 2 aromatic carbocycles. The largest absolute Gasteiger partial charge is 0.322 e. The number of hydrogen-bond acceptors (Lipinski definition) is 1. The molecule has 0 heterocycles. The van der Waals surface area contributed by atoms with Gasteiger partial charge in [-0.3, -0.25) is 0 Å². The minimum absolute atomic E-state index is 0.226. The molecule has 1 atom stereocenters. The van der Waals surface area contributed by atoms with Crippen LogP contribution < -0.4 is 5.73 Å². The normalized spacial score (nSPS) is 14.3. The van der Waals surface area contributed by atoms with Crippen molar-refractivity contribution in [3.63, 3.8) is 0 Å². The number of rotatable bonds is 5. The van der Waals surface area contributed by atoms with Gasteiger partial charge in [-0.25, -0.2) is 0 Å². The fourth-order valence-corrected chi connectivity index (χ4v) is 2.40. The predicted molar refractivity (Wildman–Crippen MR) is 88.3 cm³/mol. The van der Waals surface area contributed by atoms with Crippen molar-refractivity contribution in [3.8, 4) is 0 Å². The smallest absolute Gasteiger partial charge is 0.0380 e. The lowest BCUT2D eigenvalue weighted by Crippen LogP contribution is -2.32. The minimum atomic E-state index is -0.226. The average molecular weight is 265 g/mol. The first kappa shape index (κ1) is 14.5. The quantitative estimate of drug-likeness (QED) is 0.770. The van der Waals surface area contributed by atoms with Crippen molar-refractivity contribution in [1.29, 1.82) is 0 Å². The Balaban J connectivity index is 2.11. The molecule has 2 N–H and O–H groups in total. The molecule has 0 saturated carbocycles. The molecule has 1 unspecified atom stereocenters. The monoisotopic (exact) mass is 265 g/mol. The molecular formula is C19H23N. The lowest BCUT2D eigenvalue weighted by atomic mass is 9.88.